The maximum atomic E-state index is 12.8. The number of methoxy groups -OCH3 is 4. The second-order valence-electron chi connectivity index (χ2n) is 16.2. The Labute approximate surface area is 394 Å². The molecule has 0 aliphatic heterocycles. The van der Waals surface area contributed by atoms with Crippen LogP contribution >= 0.6 is 0 Å². The molecule has 358 valence electrons. The maximum Gasteiger partial charge on any atom is 0.309 e. The molecule has 4 aromatic rings. The molecule has 68 heavy (non-hydrogen) atoms. The summed E-state index contributed by atoms with van der Waals surface area (Å²) >= 11 is 0. The molecule has 2 saturated carbocycles. The Balaban J connectivity index is 0.000000268. The van der Waals surface area contributed by atoms with Crippen molar-refractivity contribution >= 4 is 64.7 Å². The molecule has 5 N–H and O–H groups in total. The minimum Gasteiger partial charge on any atom is -0.469 e. The fourth-order valence-corrected chi connectivity index (χ4v) is 8.98. The smallest absolute Gasteiger partial charge is 0.309 e. The monoisotopic (exact) mass is 931 g/mol. The maximum absolute atomic E-state index is 12.8. The van der Waals surface area contributed by atoms with Crippen LogP contribution in [-0.2, 0) is 63.7 Å². The van der Waals surface area contributed by atoms with Crippen LogP contribution in [0.15, 0.2) is 107 Å². The number of aliphatic imine (C=N–C) groups is 2. The lowest BCUT2D eigenvalue weighted by atomic mass is 9.52. The summed E-state index contributed by atoms with van der Waals surface area (Å²) in [5.41, 5.74) is 18.0. The predicted octanol–water partition coefficient (Wildman–Crippen LogP) is 5.98. The lowest BCUT2D eigenvalue weighted by Crippen LogP contribution is -2.51. The fourth-order valence-electron chi connectivity index (χ4n) is 8.98. The Morgan fingerprint density at radius 3 is 1.15 bits per heavy atom. The first-order valence-corrected chi connectivity index (χ1v) is 21.7. The van der Waals surface area contributed by atoms with Gasteiger partial charge in [-0.05, 0) is 77.6 Å². The van der Waals surface area contributed by atoms with E-state index >= 15 is 0 Å². The normalized spacial score (nSPS) is 20.7. The van der Waals surface area contributed by atoms with Crippen LogP contribution in [0.1, 0.15) is 77.7 Å². The van der Waals surface area contributed by atoms with Crippen LogP contribution in [0.3, 0.4) is 0 Å². The van der Waals surface area contributed by atoms with Gasteiger partial charge in [0.2, 0.25) is 12.2 Å². The third-order valence-corrected chi connectivity index (χ3v) is 12.2. The third kappa shape index (κ3) is 13.2. The second-order valence-corrected chi connectivity index (χ2v) is 16.2. The number of isocyanates is 2. The minimum atomic E-state index is -0.538. The number of ketones is 2. The summed E-state index contributed by atoms with van der Waals surface area (Å²) in [5, 5.41) is 3.07. The lowest BCUT2D eigenvalue weighted by Gasteiger charge is -2.49. The van der Waals surface area contributed by atoms with Crippen LogP contribution in [0.5, 0.6) is 0 Å². The SMILES string of the molecule is CNc1ccc(C2C(C(=O)OC)C(c3ccc(CC(=O)CCCC(C)=O)cc3)C2C(=O)OC)cc1.COC(=O)C1C(c2ccc(N)cc2)C(C(=O)OC)C1c1ccc(N)cc1.O=C=NCN=C=O. The molecule has 0 saturated heterocycles. The molecule has 17 heteroatoms. The number of nitrogens with two attached hydrogens (primary N) is 2. The van der Waals surface area contributed by atoms with Gasteiger partial charge < -0.3 is 40.5 Å². The summed E-state index contributed by atoms with van der Waals surface area (Å²) in [5.74, 6) is -4.78. The lowest BCUT2D eigenvalue weighted by molar-refractivity contribution is -0.165. The molecule has 0 amide bonds. The molecular formula is C51H57N5O12. The van der Waals surface area contributed by atoms with Crippen molar-refractivity contribution < 1.29 is 57.3 Å². The van der Waals surface area contributed by atoms with Gasteiger partial charge in [0.1, 0.15) is 11.6 Å². The van der Waals surface area contributed by atoms with E-state index in [0.29, 0.717) is 30.6 Å². The fraction of sp³-hybridized carbons (Fsp3) is 0.373. The van der Waals surface area contributed by atoms with Gasteiger partial charge in [-0.15, -0.1) is 0 Å². The number of esters is 4. The van der Waals surface area contributed by atoms with E-state index in [1.165, 1.54) is 47.5 Å². The molecule has 0 aromatic heterocycles. The van der Waals surface area contributed by atoms with Gasteiger partial charge in [-0.3, -0.25) is 24.0 Å². The van der Waals surface area contributed by atoms with Crippen molar-refractivity contribution in [2.75, 3.05) is 58.9 Å². The highest BCUT2D eigenvalue weighted by Gasteiger charge is 2.60. The molecule has 2 aliphatic rings. The Morgan fingerprint density at radius 2 is 0.853 bits per heavy atom. The van der Waals surface area contributed by atoms with E-state index in [1.54, 1.807) is 24.3 Å². The highest BCUT2D eigenvalue weighted by atomic mass is 16.5. The largest absolute Gasteiger partial charge is 0.469 e. The average molecular weight is 932 g/mol. The number of anilines is 3. The summed E-state index contributed by atoms with van der Waals surface area (Å²) in [6.45, 7) is 1.36. The number of rotatable bonds is 17. The standard InChI is InChI=1S/C28H33NO6.C20H22N2O4.C3H2N2O2/c1-17(30)6-5-7-22(31)16-18-8-10-19(11-9-18)23-25(27(32)34-3)24(26(23)28(33)35-4)20-12-14-21(29-2)15-13-20;1-25-19(23)17-15(11-3-7-13(21)8-4-11)18(20(24)26-2)16(17)12-5-9-14(22)10-6-12;6-2-4-1-5-3-7/h8-15,23-26,29H,5-7,16H2,1-4H3;3-10,15-18H,21-22H2,1-2H3;1H2. The number of nitrogens with zero attached hydrogens (tertiary/aromatic N) is 2. The van der Waals surface area contributed by atoms with Gasteiger partial charge in [-0.1, -0.05) is 60.7 Å². The number of hydrogen-bond acceptors (Lipinski definition) is 17. The number of benzene rings is 4. The molecule has 4 aromatic carbocycles. The quantitative estimate of drug-likeness (QED) is 0.0361. The van der Waals surface area contributed by atoms with Gasteiger partial charge >= 0.3 is 23.9 Å². The van der Waals surface area contributed by atoms with Gasteiger partial charge in [0.15, 0.2) is 6.67 Å². The van der Waals surface area contributed by atoms with Gasteiger partial charge in [0.05, 0.1) is 52.1 Å². The van der Waals surface area contributed by atoms with E-state index in [0.717, 1.165) is 33.5 Å². The minimum absolute atomic E-state index is 0.0765. The zero-order valence-electron chi connectivity index (χ0n) is 38.8. The van der Waals surface area contributed by atoms with E-state index < -0.39 is 29.6 Å². The topological polar surface area (TPSA) is 262 Å². The van der Waals surface area contributed by atoms with Gasteiger partial charge in [-0.25, -0.2) is 9.59 Å². The second kappa shape index (κ2) is 25.8. The predicted molar refractivity (Wildman–Crippen MR) is 251 cm³/mol. The van der Waals surface area contributed by atoms with E-state index in [9.17, 15) is 38.4 Å². The molecule has 2 unspecified atom stereocenters. The number of carbonyl (C=O) groups excluding carboxylic acids is 8. The number of Topliss-reactive ketones (excluding diaryl/α,β-unsaturated/α-hetero) is 2. The summed E-state index contributed by atoms with van der Waals surface area (Å²) in [4.78, 5) is 98.3. The first-order chi connectivity index (χ1) is 32.7. The Bertz CT molecular complexity index is 2350. The van der Waals surface area contributed by atoms with Crippen LogP contribution in [0.4, 0.5) is 17.1 Å². The first kappa shape index (κ1) is 52.9. The zero-order valence-corrected chi connectivity index (χ0v) is 38.8. The van der Waals surface area contributed by atoms with Crippen LogP contribution in [0.2, 0.25) is 0 Å². The van der Waals surface area contributed by atoms with Crippen molar-refractivity contribution in [1.29, 1.82) is 0 Å². The zero-order chi connectivity index (χ0) is 49.9. The van der Waals surface area contributed by atoms with Crippen LogP contribution in [-0.4, -0.2) is 89.8 Å². The molecule has 2 fully saturated rings. The van der Waals surface area contributed by atoms with Gasteiger partial charge in [-0.2, -0.15) is 9.98 Å². The molecular weight excluding hydrogens is 875 g/mol. The molecule has 0 spiro atoms. The van der Waals surface area contributed by atoms with Gasteiger partial charge in [0.25, 0.3) is 0 Å². The average Bonchev–Trinajstić information content (AvgIpc) is 3.33. The highest BCUT2D eigenvalue weighted by Crippen LogP contribution is 2.59. The summed E-state index contributed by atoms with van der Waals surface area (Å²) in [6, 6.07) is 29.5. The Morgan fingerprint density at radius 1 is 0.529 bits per heavy atom. The third-order valence-electron chi connectivity index (χ3n) is 12.2. The van der Waals surface area contributed by atoms with Crippen molar-refractivity contribution in [2.45, 2.75) is 56.3 Å². The molecule has 0 radical (unpaired) electrons. The van der Waals surface area contributed by atoms with E-state index in [4.69, 9.17) is 30.4 Å². The van der Waals surface area contributed by atoms with Gasteiger partial charge in [0, 0.05) is 67.0 Å². The van der Waals surface area contributed by atoms with E-state index in [-0.39, 0.29) is 66.3 Å². The van der Waals surface area contributed by atoms with Crippen molar-refractivity contribution in [1.82, 2.24) is 0 Å². The number of hydrogen-bond donors (Lipinski definition) is 3. The summed E-state index contributed by atoms with van der Waals surface area (Å²) < 4.78 is 20.3. The molecule has 2 aliphatic carbocycles. The molecule has 0 heterocycles. The highest BCUT2D eigenvalue weighted by molar-refractivity contribution is 5.87. The van der Waals surface area contributed by atoms with Crippen molar-refractivity contribution in [3.63, 3.8) is 0 Å². The molecule has 0 bridgehead atoms. The first-order valence-electron chi connectivity index (χ1n) is 21.7. The number of ether oxygens (including phenoxy) is 4. The number of nitrogen functional groups attached to an aromatic ring is 2. The number of nitrogens with one attached hydrogen (secondary N) is 1. The van der Waals surface area contributed by atoms with E-state index in [1.807, 2.05) is 79.8 Å². The van der Waals surface area contributed by atoms with Crippen LogP contribution in [0, 0.1) is 23.7 Å². The number of carbonyl (C=O) groups is 6. The van der Waals surface area contributed by atoms with Crippen LogP contribution in [0.25, 0.3) is 0 Å². The Kier molecular flexibility index (Phi) is 20.1. The van der Waals surface area contributed by atoms with Crippen molar-refractivity contribution in [2.24, 2.45) is 33.7 Å². The molecule has 6 rings (SSSR count). The van der Waals surface area contributed by atoms with E-state index in [2.05, 4.69) is 15.3 Å². The Hall–Kier alpha value is -7.74. The van der Waals surface area contributed by atoms with Crippen molar-refractivity contribution in [3.05, 3.63) is 125 Å². The molecule has 17 nitrogen and oxygen atoms in total. The van der Waals surface area contributed by atoms with Crippen molar-refractivity contribution in [3.8, 4) is 0 Å². The summed E-state index contributed by atoms with van der Waals surface area (Å²) in [6.07, 6.45) is 4.03. The molecule has 2 atom stereocenters. The summed E-state index contributed by atoms with van der Waals surface area (Å²) in [7, 11) is 7.24. The van der Waals surface area contributed by atoms with Crippen LogP contribution < -0.4 is 16.8 Å².